The summed E-state index contributed by atoms with van der Waals surface area (Å²) in [6.07, 6.45) is 0.863. The maximum Gasteiger partial charge on any atom is 0.191 e. The molecule has 0 aliphatic carbocycles. The summed E-state index contributed by atoms with van der Waals surface area (Å²) < 4.78 is 16.3. The Labute approximate surface area is 174 Å². The number of benzene rings is 2. The molecule has 2 aromatic carbocycles. The molecular weight excluding hydrogens is 366 g/mol. The average molecular weight is 400 g/mol. The van der Waals surface area contributed by atoms with Gasteiger partial charge in [0.05, 0.1) is 13.2 Å². The Hall–Kier alpha value is -2.57. The van der Waals surface area contributed by atoms with Crippen LogP contribution in [0.2, 0.25) is 0 Å². The highest BCUT2D eigenvalue weighted by atomic mass is 16.5. The molecule has 0 amide bonds. The first-order chi connectivity index (χ1) is 14.2. The molecule has 0 fully saturated rings. The molecule has 0 aromatic heterocycles. The van der Waals surface area contributed by atoms with Crippen molar-refractivity contribution in [1.29, 1.82) is 0 Å². The normalized spacial score (nSPS) is 11.4. The van der Waals surface area contributed by atoms with Gasteiger partial charge in [0, 0.05) is 52.9 Å². The third-order valence-electron chi connectivity index (χ3n) is 4.51. The van der Waals surface area contributed by atoms with Gasteiger partial charge >= 0.3 is 0 Å². The first-order valence-corrected chi connectivity index (χ1v) is 9.89. The van der Waals surface area contributed by atoms with Crippen molar-refractivity contribution in [3.63, 3.8) is 0 Å². The lowest BCUT2D eigenvalue weighted by Gasteiger charge is -2.16. The molecule has 0 saturated carbocycles. The van der Waals surface area contributed by atoms with Crippen LogP contribution >= 0.6 is 0 Å². The minimum atomic E-state index is 0.594. The molecule has 2 N–H and O–H groups in total. The SMILES string of the molecule is CN=C(NCc1ccccc1COC)NCc1ccc(C)cc1OCCCOC. The summed E-state index contributed by atoms with van der Waals surface area (Å²) in [7, 11) is 5.18. The van der Waals surface area contributed by atoms with Crippen LogP contribution in [0, 0.1) is 6.92 Å². The van der Waals surface area contributed by atoms with Gasteiger partial charge < -0.3 is 24.8 Å². The standard InChI is InChI=1S/C23H33N3O3/c1-18-10-11-20(22(14-18)29-13-7-12-27-3)16-26-23(24-2)25-15-19-8-5-6-9-21(19)17-28-4/h5-6,8-11,14H,7,12-13,15-17H2,1-4H3,(H2,24,25,26). The number of rotatable bonds is 11. The first-order valence-electron chi connectivity index (χ1n) is 9.89. The molecule has 6 nitrogen and oxygen atoms in total. The number of hydrogen-bond donors (Lipinski definition) is 2. The Morgan fingerprint density at radius 2 is 1.62 bits per heavy atom. The van der Waals surface area contributed by atoms with E-state index in [0.29, 0.717) is 32.9 Å². The molecule has 0 aliphatic rings. The van der Waals surface area contributed by atoms with Crippen LogP contribution in [0.25, 0.3) is 0 Å². The number of hydrogen-bond acceptors (Lipinski definition) is 4. The highest BCUT2D eigenvalue weighted by Crippen LogP contribution is 2.20. The lowest BCUT2D eigenvalue weighted by Crippen LogP contribution is -2.36. The second-order valence-corrected chi connectivity index (χ2v) is 6.79. The van der Waals surface area contributed by atoms with Gasteiger partial charge in [0.2, 0.25) is 0 Å². The summed E-state index contributed by atoms with van der Waals surface area (Å²) in [5, 5.41) is 6.74. The number of guanidine groups is 1. The van der Waals surface area contributed by atoms with Gasteiger partial charge in [-0.05, 0) is 29.7 Å². The zero-order valence-corrected chi connectivity index (χ0v) is 18.0. The Balaban J connectivity index is 1.94. The molecule has 6 heteroatoms. The van der Waals surface area contributed by atoms with Crippen molar-refractivity contribution in [2.24, 2.45) is 4.99 Å². The van der Waals surface area contributed by atoms with Crippen LogP contribution in [0.1, 0.15) is 28.7 Å². The third kappa shape index (κ3) is 7.75. The Morgan fingerprint density at radius 1 is 0.897 bits per heavy atom. The van der Waals surface area contributed by atoms with Crippen LogP contribution < -0.4 is 15.4 Å². The minimum absolute atomic E-state index is 0.594. The second kappa shape index (κ2) is 12.8. The van der Waals surface area contributed by atoms with Gasteiger partial charge in [0.1, 0.15) is 5.75 Å². The van der Waals surface area contributed by atoms with E-state index in [1.54, 1.807) is 21.3 Å². The second-order valence-electron chi connectivity index (χ2n) is 6.79. The molecule has 0 heterocycles. The molecule has 0 radical (unpaired) electrons. The highest BCUT2D eigenvalue weighted by molar-refractivity contribution is 5.79. The van der Waals surface area contributed by atoms with E-state index in [1.165, 1.54) is 16.7 Å². The molecule has 0 spiro atoms. The molecule has 2 aromatic rings. The number of nitrogens with one attached hydrogen (secondary N) is 2. The third-order valence-corrected chi connectivity index (χ3v) is 4.51. The fourth-order valence-corrected chi connectivity index (χ4v) is 2.93. The summed E-state index contributed by atoms with van der Waals surface area (Å²) in [6, 6.07) is 14.5. The van der Waals surface area contributed by atoms with Crippen LogP contribution in [0.4, 0.5) is 0 Å². The fourth-order valence-electron chi connectivity index (χ4n) is 2.93. The van der Waals surface area contributed by atoms with Gasteiger partial charge in [0.25, 0.3) is 0 Å². The summed E-state index contributed by atoms with van der Waals surface area (Å²) in [4.78, 5) is 4.33. The van der Waals surface area contributed by atoms with Crippen molar-refractivity contribution in [2.75, 3.05) is 34.5 Å². The number of aliphatic imine (C=N–C) groups is 1. The van der Waals surface area contributed by atoms with Gasteiger partial charge in [0.15, 0.2) is 5.96 Å². The van der Waals surface area contributed by atoms with E-state index in [9.17, 15) is 0 Å². The van der Waals surface area contributed by atoms with Crippen molar-refractivity contribution in [3.8, 4) is 5.75 Å². The largest absolute Gasteiger partial charge is 0.493 e. The van der Waals surface area contributed by atoms with Crippen molar-refractivity contribution < 1.29 is 14.2 Å². The van der Waals surface area contributed by atoms with Crippen molar-refractivity contribution in [1.82, 2.24) is 10.6 Å². The summed E-state index contributed by atoms with van der Waals surface area (Å²) >= 11 is 0. The molecule has 0 aliphatic heterocycles. The smallest absolute Gasteiger partial charge is 0.191 e. The Kier molecular flexibility index (Phi) is 10.0. The van der Waals surface area contributed by atoms with E-state index >= 15 is 0 Å². The van der Waals surface area contributed by atoms with Gasteiger partial charge in [-0.1, -0.05) is 36.4 Å². The molecule has 158 valence electrons. The number of ether oxygens (including phenoxy) is 3. The lowest BCUT2D eigenvalue weighted by molar-refractivity contribution is 0.171. The number of methoxy groups -OCH3 is 2. The Morgan fingerprint density at radius 3 is 2.31 bits per heavy atom. The number of nitrogens with zero attached hydrogens (tertiary/aromatic N) is 1. The molecule has 0 saturated heterocycles. The lowest BCUT2D eigenvalue weighted by atomic mass is 10.1. The zero-order valence-electron chi connectivity index (χ0n) is 18.0. The van der Waals surface area contributed by atoms with E-state index in [1.807, 2.05) is 12.1 Å². The molecule has 0 bridgehead atoms. The van der Waals surface area contributed by atoms with Crippen molar-refractivity contribution in [3.05, 3.63) is 64.7 Å². The average Bonchev–Trinajstić information content (AvgIpc) is 2.73. The highest BCUT2D eigenvalue weighted by Gasteiger charge is 2.07. The minimum Gasteiger partial charge on any atom is -0.493 e. The van der Waals surface area contributed by atoms with E-state index in [2.05, 4.69) is 52.9 Å². The molecule has 0 atom stereocenters. The predicted octanol–water partition coefficient (Wildman–Crippen LogP) is 3.42. The van der Waals surface area contributed by atoms with Gasteiger partial charge in [-0.3, -0.25) is 4.99 Å². The van der Waals surface area contributed by atoms with Crippen LogP contribution in [0.5, 0.6) is 5.75 Å². The summed E-state index contributed by atoms with van der Waals surface area (Å²) in [6.45, 7) is 5.29. The van der Waals surface area contributed by atoms with E-state index in [-0.39, 0.29) is 0 Å². The first kappa shape index (κ1) is 22.7. The van der Waals surface area contributed by atoms with Crippen LogP contribution in [-0.2, 0) is 29.2 Å². The predicted molar refractivity (Wildman–Crippen MR) is 117 cm³/mol. The van der Waals surface area contributed by atoms with Gasteiger partial charge in [-0.2, -0.15) is 0 Å². The van der Waals surface area contributed by atoms with Gasteiger partial charge in [-0.25, -0.2) is 0 Å². The number of aryl methyl sites for hydroxylation is 1. The maximum atomic E-state index is 5.96. The monoisotopic (exact) mass is 399 g/mol. The van der Waals surface area contributed by atoms with Crippen LogP contribution in [0.3, 0.4) is 0 Å². The molecule has 29 heavy (non-hydrogen) atoms. The van der Waals surface area contributed by atoms with E-state index in [4.69, 9.17) is 14.2 Å². The molecule has 2 rings (SSSR count). The van der Waals surface area contributed by atoms with E-state index in [0.717, 1.165) is 23.7 Å². The maximum absolute atomic E-state index is 5.96. The van der Waals surface area contributed by atoms with Crippen LogP contribution in [-0.4, -0.2) is 40.4 Å². The molecular formula is C23H33N3O3. The Bertz CT molecular complexity index is 778. The van der Waals surface area contributed by atoms with Crippen molar-refractivity contribution in [2.45, 2.75) is 33.0 Å². The van der Waals surface area contributed by atoms with E-state index < -0.39 is 0 Å². The summed E-state index contributed by atoms with van der Waals surface area (Å²) in [5.41, 5.74) is 4.63. The van der Waals surface area contributed by atoms with Crippen molar-refractivity contribution >= 4 is 5.96 Å². The van der Waals surface area contributed by atoms with Crippen LogP contribution in [0.15, 0.2) is 47.5 Å². The zero-order chi connectivity index (χ0) is 20.9. The quantitative estimate of drug-likeness (QED) is 0.344. The summed E-state index contributed by atoms with van der Waals surface area (Å²) in [5.74, 6) is 1.64. The topological polar surface area (TPSA) is 64.1 Å². The molecule has 0 unspecified atom stereocenters. The van der Waals surface area contributed by atoms with Gasteiger partial charge in [-0.15, -0.1) is 0 Å². The fraction of sp³-hybridized carbons (Fsp3) is 0.435.